The van der Waals surface area contributed by atoms with Crippen LogP contribution in [0.2, 0.25) is 0 Å². The molecule has 3 rings (SSSR count). The predicted octanol–water partition coefficient (Wildman–Crippen LogP) is 3.50. The minimum Gasteiger partial charge on any atom is -0.508 e. The van der Waals surface area contributed by atoms with E-state index in [0.29, 0.717) is 88.3 Å². The molecular weight excluding hydrogens is 1310 g/mol. The molecule has 0 aliphatic heterocycles. The molecule has 5 amide bonds. The van der Waals surface area contributed by atoms with Crippen LogP contribution < -0.4 is 32.3 Å². The van der Waals surface area contributed by atoms with Gasteiger partial charge in [-0.3, -0.25) is 57.4 Å². The Morgan fingerprint density at radius 2 is 1.08 bits per heavy atom. The van der Waals surface area contributed by atoms with Crippen LogP contribution in [0.3, 0.4) is 0 Å². The number of hydrogen-bond acceptors (Lipinski definition) is 22. The highest BCUT2D eigenvalue weighted by atomic mass is 32.1. The number of carbonyl (C=O) groups excluding carboxylic acids is 10. The molecule has 0 unspecified atom stereocenters. The smallest absolute Gasteiger partial charge is 0.326 e. The lowest BCUT2D eigenvalue weighted by atomic mass is 9.88. The van der Waals surface area contributed by atoms with Gasteiger partial charge in [0.05, 0.1) is 67.9 Å². The number of carbonyl (C=O) groups is 12. The summed E-state index contributed by atoms with van der Waals surface area (Å²) in [5.41, 5.74) is 7.57. The van der Waals surface area contributed by atoms with Gasteiger partial charge in [0.15, 0.2) is 23.1 Å². The summed E-state index contributed by atoms with van der Waals surface area (Å²) in [6.45, 7) is 11.9. The van der Waals surface area contributed by atoms with Crippen molar-refractivity contribution in [3.8, 4) is 11.5 Å². The van der Waals surface area contributed by atoms with E-state index in [1.165, 1.54) is 43.3 Å². The van der Waals surface area contributed by atoms with Gasteiger partial charge < -0.3 is 67.3 Å². The van der Waals surface area contributed by atoms with Crippen molar-refractivity contribution < 1.29 is 92.5 Å². The molecule has 0 saturated heterocycles. The van der Waals surface area contributed by atoms with Gasteiger partial charge in [-0.25, -0.2) is 4.79 Å². The maximum absolute atomic E-state index is 13.7. The molecule has 28 nitrogen and oxygen atoms in total. The first-order chi connectivity index (χ1) is 46.5. The fraction of sp³-hybridized carbons (Fsp3) is 0.618. The van der Waals surface area contributed by atoms with Gasteiger partial charge in [-0.2, -0.15) is 25.3 Å². The van der Waals surface area contributed by atoms with Crippen molar-refractivity contribution in [3.63, 3.8) is 0 Å². The lowest BCUT2D eigenvalue weighted by molar-refractivity contribution is -0.143. The van der Waals surface area contributed by atoms with E-state index in [1.54, 1.807) is 44.0 Å². The summed E-state index contributed by atoms with van der Waals surface area (Å²) in [6, 6.07) is 6.35. The number of thiol groups is 2. The fourth-order valence-electron chi connectivity index (χ4n) is 10.3. The zero-order valence-electron chi connectivity index (χ0n) is 57.3. The number of nitrogens with zero attached hydrogens (tertiary/aromatic N) is 3. The maximum atomic E-state index is 13.7. The molecule has 0 saturated carbocycles. The molecule has 1 heterocycles. The summed E-state index contributed by atoms with van der Waals surface area (Å²) in [5.74, 6) is -11.9. The van der Waals surface area contributed by atoms with Gasteiger partial charge in [0, 0.05) is 95.2 Å². The van der Waals surface area contributed by atoms with Crippen LogP contribution in [-0.2, 0) is 92.8 Å². The number of unbranched alkanes of at least 4 members (excludes halogenated alkanes) is 1. The predicted molar refractivity (Wildman–Crippen MR) is 369 cm³/mol. The molecule has 0 fully saturated rings. The van der Waals surface area contributed by atoms with E-state index in [4.69, 9.17) is 15.2 Å². The molecule has 0 radical (unpaired) electrons. The number of methoxy groups -OCH3 is 1. The quantitative estimate of drug-likeness (QED) is 0.0284. The largest absolute Gasteiger partial charge is 0.508 e. The Morgan fingerprint density at radius 1 is 0.571 bits per heavy atom. The monoisotopic (exact) mass is 1410 g/mol. The number of aromatic nitrogens is 3. The summed E-state index contributed by atoms with van der Waals surface area (Å²) >= 11 is 8.59. The first kappa shape index (κ1) is 86.4. The summed E-state index contributed by atoms with van der Waals surface area (Å²) in [7, 11) is 1.54. The number of benzene rings is 2. The van der Waals surface area contributed by atoms with E-state index in [1.807, 2.05) is 20.8 Å². The van der Waals surface area contributed by atoms with Crippen molar-refractivity contribution in [2.24, 2.45) is 41.2 Å². The SMILES string of the molecule is CCn1cc(CCC(=O)C[C@@H](CCCCN)C(=O)N[C@@H](CS)C(=O)C[C@@H](CS)C(=O)N[C@H](Cc2ccc(O)cc2)C(=O)C[C@@H](CO)C(=O)N[C@@H](CC(C)C)C(=O)O)nn1.COCCOCCCC(=O)[C@H](CC(=O)O)NC(=O)[C@H](CC(=O)[C@H](Cc1ccc(O)cc1)NC(C)=O)CC(C)C. The highest BCUT2D eigenvalue weighted by molar-refractivity contribution is 7.80. The number of aryl methyl sites for hydroxylation is 2. The number of carboxylic acid groups (broad SMARTS) is 2. The number of hydrogen-bond donors (Lipinski definition) is 13. The molecule has 546 valence electrons. The van der Waals surface area contributed by atoms with Crippen molar-refractivity contribution in [2.45, 2.75) is 181 Å². The van der Waals surface area contributed by atoms with Gasteiger partial charge in [0.25, 0.3) is 0 Å². The van der Waals surface area contributed by atoms with Gasteiger partial charge >= 0.3 is 11.9 Å². The molecule has 1 aromatic heterocycles. The van der Waals surface area contributed by atoms with Gasteiger partial charge in [0.2, 0.25) is 29.5 Å². The van der Waals surface area contributed by atoms with E-state index in [9.17, 15) is 83.1 Å². The molecule has 3 aromatic rings. The van der Waals surface area contributed by atoms with E-state index in [-0.39, 0.29) is 97.8 Å². The van der Waals surface area contributed by atoms with Crippen LogP contribution >= 0.6 is 25.3 Å². The molecular formula is C68H103N9O19S2. The van der Waals surface area contributed by atoms with Crippen molar-refractivity contribution >= 4 is 95.6 Å². The third-order valence-electron chi connectivity index (χ3n) is 15.7. The second-order valence-corrected chi connectivity index (χ2v) is 25.8. The second kappa shape index (κ2) is 47.4. The molecule has 98 heavy (non-hydrogen) atoms. The first-order valence-electron chi connectivity index (χ1n) is 33.1. The number of rotatable bonds is 50. The molecule has 0 aliphatic carbocycles. The zero-order chi connectivity index (χ0) is 73.4. The summed E-state index contributed by atoms with van der Waals surface area (Å²) < 4.78 is 11.9. The highest BCUT2D eigenvalue weighted by Crippen LogP contribution is 2.23. The number of ketones is 5. The van der Waals surface area contributed by atoms with Crippen LogP contribution in [0.15, 0.2) is 54.7 Å². The van der Waals surface area contributed by atoms with Gasteiger partial charge in [-0.05, 0) is 112 Å². The number of carboxylic acids is 2. The number of phenols is 2. The number of phenolic OH excluding ortho intramolecular Hbond substituents is 2. The average molecular weight is 1410 g/mol. The van der Waals surface area contributed by atoms with Crippen LogP contribution in [-0.4, -0.2) is 193 Å². The van der Waals surface area contributed by atoms with Crippen molar-refractivity contribution in [3.05, 3.63) is 71.5 Å². The average Bonchev–Trinajstić information content (AvgIpc) is 1.05. The standard InChI is InChI=1S/C40H61N7O10S2.C28H42N2O9/c1-4-47-20-29(45-46-47)10-13-31(50)17-26(7-5-6-14-41)37(53)44-34(23-59)36(52)19-28(22-58)39(55)42-32(16-25-8-11-30(49)12-9-25)35(51)18-27(21-48)38(54)43-33(40(56)57)15-24(2)3;1-18(2)14-21(16-26(34)23(29-19(3)31)15-20-7-9-22(32)10-8-20)28(37)30-24(17-27(35)36)25(33)6-5-11-39-13-12-38-4/h8-9,11-12,20,24,26-28,32-34,48-49,58-59H,4-7,10,13-19,21-23,41H2,1-3H3,(H,42,55)(H,43,54)(H,44,53)(H,56,57);7-10,18,21,23-24,32H,5-6,11-17H2,1-4H3,(H,29,31)(H,30,37)(H,35,36)/t26-,27+,28+,32-,33+,34+;21-,23-,24-/m10/s1. The molecule has 12 N–H and O–H groups in total. The van der Waals surface area contributed by atoms with Crippen LogP contribution in [0.25, 0.3) is 0 Å². The van der Waals surface area contributed by atoms with Crippen molar-refractivity contribution in [1.29, 1.82) is 0 Å². The molecule has 2 aromatic carbocycles. The maximum Gasteiger partial charge on any atom is 0.326 e. The van der Waals surface area contributed by atoms with Gasteiger partial charge in [0.1, 0.15) is 23.3 Å². The van der Waals surface area contributed by atoms with Crippen molar-refractivity contribution in [1.82, 2.24) is 41.6 Å². The number of amides is 5. The Labute approximate surface area is 584 Å². The van der Waals surface area contributed by atoms with E-state index in [0.717, 1.165) is 0 Å². The third kappa shape index (κ3) is 34.7. The molecule has 30 heteroatoms. The van der Waals surface area contributed by atoms with Crippen LogP contribution in [0.5, 0.6) is 11.5 Å². The summed E-state index contributed by atoms with van der Waals surface area (Å²) in [4.78, 5) is 155. The lowest BCUT2D eigenvalue weighted by Crippen LogP contribution is -2.50. The van der Waals surface area contributed by atoms with Crippen LogP contribution in [0.4, 0.5) is 0 Å². The van der Waals surface area contributed by atoms with E-state index in [2.05, 4.69) is 62.2 Å². The number of aliphatic carboxylic acids is 2. The van der Waals surface area contributed by atoms with Gasteiger partial charge in [-0.15, -0.1) is 5.10 Å². The Hall–Kier alpha value is -7.64. The minimum atomic E-state index is -1.32. The second-order valence-electron chi connectivity index (χ2n) is 25.0. The summed E-state index contributed by atoms with van der Waals surface area (Å²) in [6.07, 6.45) is 3.02. The Morgan fingerprint density at radius 3 is 1.58 bits per heavy atom. The molecule has 0 bridgehead atoms. The van der Waals surface area contributed by atoms with Crippen molar-refractivity contribution in [2.75, 3.05) is 51.6 Å². The van der Waals surface area contributed by atoms with Crippen LogP contribution in [0, 0.1) is 35.5 Å². The molecule has 0 aliphatic rings. The molecule has 0 spiro atoms. The number of nitrogens with one attached hydrogen (secondary N) is 5. The number of aliphatic hydroxyl groups is 1. The topological polar surface area (TPSA) is 441 Å². The minimum absolute atomic E-state index is 0.0240. The number of nitrogens with two attached hydrogens (primary N) is 1. The third-order valence-corrected chi connectivity index (χ3v) is 16.5. The Bertz CT molecular complexity index is 3020. The number of Topliss-reactive ketones (excluding diaryl/α,β-unsaturated/α-hetero) is 5. The number of aliphatic hydroxyl groups excluding tert-OH is 1. The number of aromatic hydroxyl groups is 2. The normalized spacial score (nSPS) is 14.0. The summed E-state index contributed by atoms with van der Waals surface area (Å²) in [5, 5.41) is 69.2. The fourth-order valence-corrected chi connectivity index (χ4v) is 10.9. The Balaban J connectivity index is 0.000000726. The van der Waals surface area contributed by atoms with E-state index < -0.39 is 132 Å². The lowest BCUT2D eigenvalue weighted by Gasteiger charge is -2.25. The highest BCUT2D eigenvalue weighted by Gasteiger charge is 2.35. The van der Waals surface area contributed by atoms with Gasteiger partial charge in [-0.1, -0.05) is 63.6 Å². The van der Waals surface area contributed by atoms with Crippen LogP contribution in [0.1, 0.15) is 142 Å². The Kier molecular flexibility index (Phi) is 41.8. The van der Waals surface area contributed by atoms with E-state index >= 15 is 0 Å². The number of ether oxygens (including phenoxy) is 2. The first-order valence-corrected chi connectivity index (χ1v) is 34.3. The molecule has 9 atom stereocenters. The zero-order valence-corrected chi connectivity index (χ0v) is 59.1.